The number of carbonyl (C=O) groups excluding carboxylic acids is 2. The molecular formula is C21H32N4O2. The molecule has 2 amide bonds. The second-order valence-corrected chi connectivity index (χ2v) is 8.71. The van der Waals surface area contributed by atoms with Crippen molar-refractivity contribution in [2.45, 2.75) is 58.4 Å². The van der Waals surface area contributed by atoms with Crippen molar-refractivity contribution in [3.8, 4) is 0 Å². The van der Waals surface area contributed by atoms with Gasteiger partial charge < -0.3 is 21.7 Å². The van der Waals surface area contributed by atoms with Crippen molar-refractivity contribution in [1.29, 1.82) is 0 Å². The summed E-state index contributed by atoms with van der Waals surface area (Å²) in [4.78, 5) is 24.9. The third-order valence-electron chi connectivity index (χ3n) is 5.80. The Hall–Kier alpha value is -2.08. The monoisotopic (exact) mass is 372 g/mol. The molecule has 1 saturated carbocycles. The summed E-state index contributed by atoms with van der Waals surface area (Å²) in [5.41, 5.74) is 7.70. The molecule has 6 nitrogen and oxygen atoms in total. The molecule has 0 aromatic heterocycles. The maximum Gasteiger partial charge on any atom is 0.251 e. The van der Waals surface area contributed by atoms with Crippen LogP contribution in [0, 0.1) is 11.3 Å². The van der Waals surface area contributed by atoms with Gasteiger partial charge >= 0.3 is 0 Å². The second-order valence-electron chi connectivity index (χ2n) is 8.71. The number of hydrogen-bond acceptors (Lipinski definition) is 4. The summed E-state index contributed by atoms with van der Waals surface area (Å²) in [6.07, 6.45) is 6.62. The van der Waals surface area contributed by atoms with Crippen LogP contribution in [0.1, 0.15) is 62.7 Å². The molecule has 148 valence electrons. The van der Waals surface area contributed by atoms with Crippen LogP contribution in [0.5, 0.6) is 0 Å². The third-order valence-corrected chi connectivity index (χ3v) is 5.80. The molecule has 0 spiro atoms. The van der Waals surface area contributed by atoms with Crippen LogP contribution in [0.25, 0.3) is 0 Å². The smallest absolute Gasteiger partial charge is 0.251 e. The molecule has 1 aliphatic heterocycles. The molecular weight excluding hydrogens is 340 g/mol. The second kappa shape index (κ2) is 8.30. The molecule has 27 heavy (non-hydrogen) atoms. The summed E-state index contributed by atoms with van der Waals surface area (Å²) in [5.74, 6) is 0.400. The molecule has 2 aliphatic rings. The van der Waals surface area contributed by atoms with Gasteiger partial charge in [0.15, 0.2) is 0 Å². The fourth-order valence-electron chi connectivity index (χ4n) is 3.88. The maximum atomic E-state index is 12.5. The first kappa shape index (κ1) is 19.7. The Balaban J connectivity index is 1.72. The van der Waals surface area contributed by atoms with Crippen molar-refractivity contribution in [3.05, 3.63) is 23.8 Å². The van der Waals surface area contributed by atoms with Gasteiger partial charge in [0, 0.05) is 24.6 Å². The van der Waals surface area contributed by atoms with Gasteiger partial charge in [-0.2, -0.15) is 0 Å². The standard InChI is InChI=1S/C21H32N4O2/c1-21(2,12-22)13-23-20(27)15-8-9-16-18(10-15)25-19(26)11-17(24-16)14-6-4-3-5-7-14/h8-10,14,17,24H,3-7,11-13,22H2,1-2H3,(H,23,27)(H,25,26). The van der Waals surface area contributed by atoms with Gasteiger partial charge in [0.2, 0.25) is 5.91 Å². The fourth-order valence-corrected chi connectivity index (χ4v) is 3.88. The predicted octanol–water partition coefficient (Wildman–Crippen LogP) is 3.10. The fraction of sp³-hybridized carbons (Fsp3) is 0.619. The average Bonchev–Trinajstić information content (AvgIpc) is 2.84. The lowest BCUT2D eigenvalue weighted by Gasteiger charge is -2.30. The SMILES string of the molecule is CC(C)(CN)CNC(=O)c1ccc2c(c1)NC(=O)CC(C1CCCCC1)N2. The molecule has 1 unspecified atom stereocenters. The number of anilines is 2. The number of carbonyl (C=O) groups is 2. The highest BCUT2D eigenvalue weighted by molar-refractivity contribution is 6.01. The largest absolute Gasteiger partial charge is 0.380 e. The van der Waals surface area contributed by atoms with Crippen LogP contribution < -0.4 is 21.7 Å². The van der Waals surface area contributed by atoms with Gasteiger partial charge in [0.1, 0.15) is 0 Å². The molecule has 6 heteroatoms. The van der Waals surface area contributed by atoms with E-state index in [-0.39, 0.29) is 23.3 Å². The highest BCUT2D eigenvalue weighted by Crippen LogP contribution is 2.34. The number of nitrogens with two attached hydrogens (primary N) is 1. The zero-order chi connectivity index (χ0) is 19.4. The Labute approximate surface area is 161 Å². The van der Waals surface area contributed by atoms with E-state index in [1.165, 1.54) is 32.1 Å². The average molecular weight is 373 g/mol. The van der Waals surface area contributed by atoms with Crippen molar-refractivity contribution in [2.75, 3.05) is 23.7 Å². The van der Waals surface area contributed by atoms with Crippen molar-refractivity contribution in [1.82, 2.24) is 5.32 Å². The topological polar surface area (TPSA) is 96.2 Å². The van der Waals surface area contributed by atoms with Crippen molar-refractivity contribution < 1.29 is 9.59 Å². The molecule has 0 saturated heterocycles. The van der Waals surface area contributed by atoms with Gasteiger partial charge in [-0.15, -0.1) is 0 Å². The normalized spacial score (nSPS) is 20.9. The molecule has 1 aromatic rings. The van der Waals surface area contributed by atoms with Gasteiger partial charge in [-0.1, -0.05) is 33.1 Å². The van der Waals surface area contributed by atoms with E-state index in [9.17, 15) is 9.59 Å². The first-order chi connectivity index (χ1) is 12.9. The van der Waals surface area contributed by atoms with Gasteiger partial charge in [0.25, 0.3) is 5.91 Å². The summed E-state index contributed by atoms with van der Waals surface area (Å²) in [5, 5.41) is 9.46. The number of nitrogens with one attached hydrogen (secondary N) is 3. The summed E-state index contributed by atoms with van der Waals surface area (Å²) < 4.78 is 0. The number of rotatable bonds is 5. The summed E-state index contributed by atoms with van der Waals surface area (Å²) in [6, 6.07) is 5.64. The van der Waals surface area contributed by atoms with E-state index in [4.69, 9.17) is 5.73 Å². The number of amides is 2. The highest BCUT2D eigenvalue weighted by atomic mass is 16.2. The van der Waals surface area contributed by atoms with Crippen LogP contribution in [0.15, 0.2) is 18.2 Å². The first-order valence-electron chi connectivity index (χ1n) is 10.1. The lowest BCUT2D eigenvalue weighted by Crippen LogP contribution is -2.38. The van der Waals surface area contributed by atoms with Crippen LogP contribution in [-0.4, -0.2) is 30.9 Å². The Morgan fingerprint density at radius 1 is 1.22 bits per heavy atom. The van der Waals surface area contributed by atoms with Gasteiger partial charge in [0.05, 0.1) is 11.4 Å². The Bertz CT molecular complexity index is 695. The number of fused-ring (bicyclic) bond motifs is 1. The molecule has 1 fully saturated rings. The van der Waals surface area contributed by atoms with E-state index in [1.807, 2.05) is 26.0 Å². The van der Waals surface area contributed by atoms with E-state index in [0.29, 0.717) is 36.7 Å². The van der Waals surface area contributed by atoms with Crippen LogP contribution in [-0.2, 0) is 4.79 Å². The Morgan fingerprint density at radius 2 is 1.96 bits per heavy atom. The van der Waals surface area contributed by atoms with E-state index in [2.05, 4.69) is 16.0 Å². The van der Waals surface area contributed by atoms with E-state index in [1.54, 1.807) is 6.07 Å². The third kappa shape index (κ3) is 5.01. The lowest BCUT2D eigenvalue weighted by atomic mass is 9.82. The predicted molar refractivity (Wildman–Crippen MR) is 109 cm³/mol. The van der Waals surface area contributed by atoms with Crippen molar-refractivity contribution in [2.24, 2.45) is 17.1 Å². The number of benzene rings is 1. The minimum Gasteiger partial charge on any atom is -0.380 e. The van der Waals surface area contributed by atoms with Crippen LogP contribution >= 0.6 is 0 Å². The molecule has 1 heterocycles. The molecule has 5 N–H and O–H groups in total. The minimum atomic E-state index is -0.151. The Morgan fingerprint density at radius 3 is 2.67 bits per heavy atom. The van der Waals surface area contributed by atoms with Crippen molar-refractivity contribution >= 4 is 23.2 Å². The quantitative estimate of drug-likeness (QED) is 0.638. The van der Waals surface area contributed by atoms with E-state index < -0.39 is 0 Å². The zero-order valence-electron chi connectivity index (χ0n) is 16.4. The summed E-state index contributed by atoms with van der Waals surface area (Å²) in [7, 11) is 0. The molecule has 1 atom stereocenters. The van der Waals surface area contributed by atoms with Gasteiger partial charge in [-0.05, 0) is 48.9 Å². The maximum absolute atomic E-state index is 12.5. The number of hydrogen-bond donors (Lipinski definition) is 4. The zero-order valence-corrected chi connectivity index (χ0v) is 16.4. The Kier molecular flexibility index (Phi) is 6.05. The minimum absolute atomic E-state index is 0.0126. The molecule has 1 aromatic carbocycles. The van der Waals surface area contributed by atoms with E-state index >= 15 is 0 Å². The van der Waals surface area contributed by atoms with Gasteiger partial charge in [-0.25, -0.2) is 0 Å². The molecule has 0 bridgehead atoms. The van der Waals surface area contributed by atoms with Gasteiger partial charge in [-0.3, -0.25) is 9.59 Å². The first-order valence-corrected chi connectivity index (χ1v) is 10.1. The van der Waals surface area contributed by atoms with E-state index in [0.717, 1.165) is 5.69 Å². The molecule has 3 rings (SSSR count). The van der Waals surface area contributed by atoms with Crippen LogP contribution in [0.4, 0.5) is 11.4 Å². The highest BCUT2D eigenvalue weighted by Gasteiger charge is 2.29. The lowest BCUT2D eigenvalue weighted by molar-refractivity contribution is -0.116. The molecule has 1 aliphatic carbocycles. The molecule has 0 radical (unpaired) electrons. The van der Waals surface area contributed by atoms with Crippen molar-refractivity contribution in [3.63, 3.8) is 0 Å². The summed E-state index contributed by atoms with van der Waals surface area (Å²) in [6.45, 7) is 5.04. The van der Waals surface area contributed by atoms with Crippen LogP contribution in [0.2, 0.25) is 0 Å². The summed E-state index contributed by atoms with van der Waals surface area (Å²) >= 11 is 0. The van der Waals surface area contributed by atoms with Crippen LogP contribution in [0.3, 0.4) is 0 Å².